The number of alkyl halides is 1. The summed E-state index contributed by atoms with van der Waals surface area (Å²) in [6, 6.07) is 0. The Hall–Kier alpha value is 0.110. The maximum absolute atomic E-state index is 10.6. The predicted octanol–water partition coefficient (Wildman–Crippen LogP) is 1.37. The molecule has 0 aromatic heterocycles. The second kappa shape index (κ2) is 4.01. The smallest absolute Gasteiger partial charge is 0.146 e. The molecule has 9 heavy (non-hydrogen) atoms. The number of hydrogen-bond acceptors (Lipinski definition) is 2. The second-order valence-electron chi connectivity index (χ2n) is 1.95. The molecule has 0 N–H and O–H groups in total. The highest BCUT2D eigenvalue weighted by atomic mass is 79.9. The van der Waals surface area contributed by atoms with E-state index in [0.29, 0.717) is 0 Å². The lowest BCUT2D eigenvalue weighted by Gasteiger charge is -2.12. The molecule has 0 saturated carbocycles. The van der Waals surface area contributed by atoms with Crippen LogP contribution < -0.4 is 0 Å². The Balaban J connectivity index is 3.72. The highest BCUT2D eigenvalue weighted by Crippen LogP contribution is 2.08. The van der Waals surface area contributed by atoms with E-state index in [1.54, 1.807) is 7.11 Å². The fraction of sp³-hybridized carbons (Fsp3) is 0.833. The fourth-order valence-corrected chi connectivity index (χ4v) is 0.666. The van der Waals surface area contributed by atoms with Gasteiger partial charge in [-0.1, -0.05) is 15.9 Å². The Bertz CT molecular complexity index is 103. The summed E-state index contributed by atoms with van der Waals surface area (Å²) in [5, 5.41) is 0. The minimum Gasteiger partial charge on any atom is -0.380 e. The summed E-state index contributed by atoms with van der Waals surface area (Å²) in [6.07, 6.45) is -0.0394. The van der Waals surface area contributed by atoms with Crippen LogP contribution in [-0.2, 0) is 9.53 Å². The Morgan fingerprint density at radius 2 is 2.11 bits per heavy atom. The zero-order valence-electron chi connectivity index (χ0n) is 5.85. The molecule has 0 fully saturated rings. The third-order valence-electron chi connectivity index (χ3n) is 1.17. The van der Waals surface area contributed by atoms with Crippen molar-refractivity contribution in [2.75, 3.05) is 7.11 Å². The van der Waals surface area contributed by atoms with E-state index in [9.17, 15) is 4.79 Å². The monoisotopic (exact) mass is 194 g/mol. The van der Waals surface area contributed by atoms with Crippen molar-refractivity contribution >= 4 is 21.7 Å². The average molecular weight is 195 g/mol. The van der Waals surface area contributed by atoms with E-state index in [2.05, 4.69) is 15.9 Å². The van der Waals surface area contributed by atoms with Crippen molar-refractivity contribution in [2.24, 2.45) is 0 Å². The van der Waals surface area contributed by atoms with E-state index in [4.69, 9.17) is 4.74 Å². The summed E-state index contributed by atoms with van der Waals surface area (Å²) in [5.41, 5.74) is 0. The molecule has 0 saturated heterocycles. The molecule has 0 aromatic rings. The van der Waals surface area contributed by atoms with Gasteiger partial charge in [-0.3, -0.25) is 4.79 Å². The molecular weight excluding hydrogens is 184 g/mol. The lowest BCUT2D eigenvalue weighted by molar-refractivity contribution is -0.118. The number of methoxy groups -OCH3 is 1. The zero-order chi connectivity index (χ0) is 7.44. The van der Waals surface area contributed by atoms with Crippen LogP contribution >= 0.6 is 15.9 Å². The normalized spacial score (nSPS) is 16.9. The molecule has 0 bridgehead atoms. The van der Waals surface area contributed by atoms with Crippen molar-refractivity contribution in [2.45, 2.75) is 24.8 Å². The number of ether oxygens (including phenoxy) is 1. The van der Waals surface area contributed by atoms with E-state index in [1.165, 1.54) is 6.92 Å². The van der Waals surface area contributed by atoms with E-state index < -0.39 is 0 Å². The van der Waals surface area contributed by atoms with Crippen LogP contribution in [0.25, 0.3) is 0 Å². The molecule has 0 aliphatic rings. The van der Waals surface area contributed by atoms with Crippen LogP contribution in [0.4, 0.5) is 0 Å². The van der Waals surface area contributed by atoms with E-state index in [1.807, 2.05) is 6.92 Å². The van der Waals surface area contributed by atoms with Crippen molar-refractivity contribution in [3.05, 3.63) is 0 Å². The summed E-state index contributed by atoms with van der Waals surface area (Å²) < 4.78 is 4.91. The van der Waals surface area contributed by atoms with Gasteiger partial charge >= 0.3 is 0 Å². The maximum Gasteiger partial charge on any atom is 0.146 e. The van der Waals surface area contributed by atoms with Gasteiger partial charge in [0.25, 0.3) is 0 Å². The molecule has 2 atom stereocenters. The zero-order valence-corrected chi connectivity index (χ0v) is 7.44. The van der Waals surface area contributed by atoms with Crippen LogP contribution in [0.15, 0.2) is 0 Å². The molecule has 2 nitrogen and oxygen atoms in total. The van der Waals surface area contributed by atoms with Crippen LogP contribution in [0.1, 0.15) is 13.8 Å². The Morgan fingerprint density at radius 1 is 1.67 bits per heavy atom. The summed E-state index contributed by atoms with van der Waals surface area (Å²) in [7, 11) is 1.59. The third-order valence-corrected chi connectivity index (χ3v) is 2.56. The Kier molecular flexibility index (Phi) is 4.06. The van der Waals surface area contributed by atoms with Crippen LogP contribution in [0, 0.1) is 0 Å². The fourth-order valence-electron chi connectivity index (χ4n) is 0.450. The van der Waals surface area contributed by atoms with Gasteiger partial charge in [0, 0.05) is 7.11 Å². The molecule has 0 rings (SSSR count). The SMILES string of the molecule is COC(C)C(Br)C(C)=O. The first-order valence-electron chi connectivity index (χ1n) is 2.77. The molecule has 54 valence electrons. The number of halogens is 1. The van der Waals surface area contributed by atoms with Crippen LogP contribution in [0.5, 0.6) is 0 Å². The average Bonchev–Trinajstić information content (AvgIpc) is 1.84. The minimum absolute atomic E-state index is 0.0394. The molecule has 0 heterocycles. The first kappa shape index (κ1) is 9.11. The highest BCUT2D eigenvalue weighted by Gasteiger charge is 2.16. The van der Waals surface area contributed by atoms with Gasteiger partial charge in [-0.05, 0) is 13.8 Å². The molecule has 0 aliphatic carbocycles. The van der Waals surface area contributed by atoms with E-state index >= 15 is 0 Å². The largest absolute Gasteiger partial charge is 0.380 e. The summed E-state index contributed by atoms with van der Waals surface area (Å²) in [6.45, 7) is 3.38. The molecule has 0 spiro atoms. The summed E-state index contributed by atoms with van der Waals surface area (Å²) in [4.78, 5) is 10.5. The van der Waals surface area contributed by atoms with Gasteiger partial charge in [-0.15, -0.1) is 0 Å². The van der Waals surface area contributed by atoms with Crippen LogP contribution in [0.3, 0.4) is 0 Å². The topological polar surface area (TPSA) is 26.3 Å². The Labute approximate surface area is 63.7 Å². The Morgan fingerprint density at radius 3 is 2.22 bits per heavy atom. The summed E-state index contributed by atoms with van der Waals surface area (Å²) >= 11 is 3.19. The van der Waals surface area contributed by atoms with Gasteiger partial charge in [0.2, 0.25) is 0 Å². The van der Waals surface area contributed by atoms with Crippen molar-refractivity contribution in [3.8, 4) is 0 Å². The lowest BCUT2D eigenvalue weighted by Crippen LogP contribution is -2.25. The quantitative estimate of drug-likeness (QED) is 0.635. The number of Topliss-reactive ketones (excluding diaryl/α,β-unsaturated/α-hetero) is 1. The lowest BCUT2D eigenvalue weighted by atomic mass is 10.2. The van der Waals surface area contributed by atoms with Gasteiger partial charge in [-0.2, -0.15) is 0 Å². The first-order valence-corrected chi connectivity index (χ1v) is 3.68. The van der Waals surface area contributed by atoms with Gasteiger partial charge in [0.1, 0.15) is 5.78 Å². The van der Waals surface area contributed by atoms with Crippen LogP contribution in [0.2, 0.25) is 0 Å². The molecular formula is C6H11BrO2. The van der Waals surface area contributed by atoms with Gasteiger partial charge in [-0.25, -0.2) is 0 Å². The van der Waals surface area contributed by atoms with Gasteiger partial charge in [0.05, 0.1) is 10.9 Å². The molecule has 2 unspecified atom stereocenters. The van der Waals surface area contributed by atoms with Crippen molar-refractivity contribution < 1.29 is 9.53 Å². The molecule has 0 aromatic carbocycles. The molecule has 0 amide bonds. The van der Waals surface area contributed by atoms with E-state index in [0.717, 1.165) is 0 Å². The third kappa shape index (κ3) is 2.96. The van der Waals surface area contributed by atoms with E-state index in [-0.39, 0.29) is 16.7 Å². The van der Waals surface area contributed by atoms with Gasteiger partial charge < -0.3 is 4.74 Å². The second-order valence-corrected chi connectivity index (χ2v) is 2.94. The number of carbonyl (C=O) groups is 1. The maximum atomic E-state index is 10.6. The first-order chi connectivity index (χ1) is 4.09. The highest BCUT2D eigenvalue weighted by molar-refractivity contribution is 9.10. The van der Waals surface area contributed by atoms with Crippen molar-refractivity contribution in [1.82, 2.24) is 0 Å². The van der Waals surface area contributed by atoms with Gasteiger partial charge in [0.15, 0.2) is 0 Å². The van der Waals surface area contributed by atoms with Crippen molar-refractivity contribution in [3.63, 3.8) is 0 Å². The number of carbonyl (C=O) groups excluding carboxylic acids is 1. The molecule has 0 radical (unpaired) electrons. The van der Waals surface area contributed by atoms with Crippen LogP contribution in [-0.4, -0.2) is 23.8 Å². The standard InChI is InChI=1S/C6H11BrO2/c1-4(8)6(7)5(2)9-3/h5-6H,1-3H3. The number of rotatable bonds is 3. The van der Waals surface area contributed by atoms with Crippen molar-refractivity contribution in [1.29, 1.82) is 0 Å². The molecule has 3 heteroatoms. The number of hydrogen-bond donors (Lipinski definition) is 0. The predicted molar refractivity (Wildman–Crippen MR) is 39.9 cm³/mol. The number of ketones is 1. The minimum atomic E-state index is -0.164. The summed E-state index contributed by atoms with van der Waals surface area (Å²) in [5.74, 6) is 0.101. The molecule has 0 aliphatic heterocycles.